The molecule has 3 N–H and O–H groups in total. The molecule has 0 aliphatic heterocycles. The zero-order chi connectivity index (χ0) is 16.8. The highest BCUT2D eigenvalue weighted by molar-refractivity contribution is 7.21. The van der Waals surface area contributed by atoms with Crippen molar-refractivity contribution < 1.29 is 14.7 Å². The maximum atomic E-state index is 11.8. The van der Waals surface area contributed by atoms with E-state index in [1.807, 2.05) is 24.3 Å². The van der Waals surface area contributed by atoms with Crippen molar-refractivity contribution in [3.8, 4) is 11.3 Å². The van der Waals surface area contributed by atoms with Crippen LogP contribution in [0.4, 0.5) is 0 Å². The quantitative estimate of drug-likeness (QED) is 0.760. The van der Waals surface area contributed by atoms with Crippen molar-refractivity contribution in [2.75, 3.05) is 0 Å². The first-order valence-electron chi connectivity index (χ1n) is 7.42. The molecule has 3 heterocycles. The molecule has 1 amide bonds. The van der Waals surface area contributed by atoms with Crippen LogP contribution in [0.3, 0.4) is 0 Å². The number of thiophene rings is 1. The summed E-state index contributed by atoms with van der Waals surface area (Å²) in [6.45, 7) is 0. The number of aliphatic carboxylic acids is 1. The minimum Gasteiger partial charge on any atom is -0.481 e. The molecule has 1 aliphatic carbocycles. The number of hydrogen-bond acceptors (Lipinski definition) is 5. The molecule has 120 valence electrons. The van der Waals surface area contributed by atoms with Gasteiger partial charge in [-0.2, -0.15) is 0 Å². The number of carboxylic acid groups (broad SMARTS) is 1. The minimum absolute atomic E-state index is 0.0638. The van der Waals surface area contributed by atoms with Gasteiger partial charge in [-0.3, -0.25) is 19.6 Å². The second-order valence-corrected chi connectivity index (χ2v) is 6.83. The van der Waals surface area contributed by atoms with Gasteiger partial charge in [0.25, 0.3) is 5.91 Å². The van der Waals surface area contributed by atoms with Gasteiger partial charge in [0.05, 0.1) is 16.3 Å². The summed E-state index contributed by atoms with van der Waals surface area (Å²) in [6.07, 6.45) is 3.96. The van der Waals surface area contributed by atoms with Gasteiger partial charge in [-0.1, -0.05) is 6.07 Å². The van der Waals surface area contributed by atoms with Gasteiger partial charge in [0.1, 0.15) is 4.88 Å². The third-order valence-electron chi connectivity index (χ3n) is 4.23. The van der Waals surface area contributed by atoms with E-state index in [-0.39, 0.29) is 11.8 Å². The SMILES string of the molecule is NC(=O)c1sc2cnccc2c1-c1cccc([C@@H]2C[C@H]2C(=O)O)n1. The van der Waals surface area contributed by atoms with E-state index in [1.54, 1.807) is 12.4 Å². The van der Waals surface area contributed by atoms with E-state index in [1.165, 1.54) is 11.3 Å². The van der Waals surface area contributed by atoms with Crippen LogP contribution in [0.25, 0.3) is 21.3 Å². The first kappa shape index (κ1) is 14.8. The van der Waals surface area contributed by atoms with Gasteiger partial charge >= 0.3 is 5.97 Å². The Morgan fingerprint density at radius 1 is 1.29 bits per heavy atom. The van der Waals surface area contributed by atoms with Crippen molar-refractivity contribution in [3.63, 3.8) is 0 Å². The third-order valence-corrected chi connectivity index (χ3v) is 5.39. The Morgan fingerprint density at radius 3 is 2.83 bits per heavy atom. The number of pyridine rings is 2. The molecule has 2 atom stereocenters. The van der Waals surface area contributed by atoms with Crippen molar-refractivity contribution in [2.24, 2.45) is 11.7 Å². The van der Waals surface area contributed by atoms with E-state index >= 15 is 0 Å². The van der Waals surface area contributed by atoms with Crippen LogP contribution in [-0.2, 0) is 4.79 Å². The van der Waals surface area contributed by atoms with Crippen LogP contribution in [0.2, 0.25) is 0 Å². The molecular weight excluding hydrogens is 326 g/mol. The number of primary amides is 1. The summed E-state index contributed by atoms with van der Waals surface area (Å²) in [5, 5.41) is 9.98. The molecule has 7 heteroatoms. The average Bonchev–Trinajstić information content (AvgIpc) is 3.28. The molecule has 0 saturated heterocycles. The molecule has 24 heavy (non-hydrogen) atoms. The largest absolute Gasteiger partial charge is 0.481 e. The number of carbonyl (C=O) groups excluding carboxylic acids is 1. The number of rotatable bonds is 4. The lowest BCUT2D eigenvalue weighted by atomic mass is 10.1. The summed E-state index contributed by atoms with van der Waals surface area (Å²) in [4.78, 5) is 32.1. The maximum absolute atomic E-state index is 11.8. The average molecular weight is 339 g/mol. The Bertz CT molecular complexity index is 982. The topological polar surface area (TPSA) is 106 Å². The lowest BCUT2D eigenvalue weighted by Gasteiger charge is -2.05. The first-order chi connectivity index (χ1) is 11.6. The lowest BCUT2D eigenvalue weighted by molar-refractivity contribution is -0.138. The van der Waals surface area contributed by atoms with Crippen LogP contribution in [0, 0.1) is 5.92 Å². The zero-order valence-electron chi connectivity index (χ0n) is 12.5. The summed E-state index contributed by atoms with van der Waals surface area (Å²) < 4.78 is 0.864. The van der Waals surface area contributed by atoms with Gasteiger partial charge in [0.2, 0.25) is 0 Å². The zero-order valence-corrected chi connectivity index (χ0v) is 13.3. The maximum Gasteiger partial charge on any atom is 0.307 e. The number of nitrogens with zero attached hydrogens (tertiary/aromatic N) is 2. The Kier molecular flexibility index (Phi) is 3.31. The summed E-state index contributed by atoms with van der Waals surface area (Å²) in [5.41, 5.74) is 7.60. The summed E-state index contributed by atoms with van der Waals surface area (Å²) >= 11 is 1.29. The van der Waals surface area contributed by atoms with Gasteiger partial charge < -0.3 is 10.8 Å². The number of carboxylic acids is 1. The Balaban J connectivity index is 1.85. The molecule has 0 spiro atoms. The molecule has 1 aliphatic rings. The van der Waals surface area contributed by atoms with Crippen LogP contribution < -0.4 is 5.73 Å². The van der Waals surface area contributed by atoms with Gasteiger partial charge in [0, 0.05) is 35.0 Å². The fourth-order valence-corrected chi connectivity index (χ4v) is 4.00. The van der Waals surface area contributed by atoms with E-state index in [0.717, 1.165) is 15.8 Å². The molecule has 4 rings (SSSR count). The van der Waals surface area contributed by atoms with Crippen molar-refractivity contribution in [1.82, 2.24) is 9.97 Å². The van der Waals surface area contributed by atoms with E-state index in [9.17, 15) is 9.59 Å². The number of hydrogen-bond donors (Lipinski definition) is 2. The summed E-state index contributed by atoms with van der Waals surface area (Å²) in [6, 6.07) is 7.32. The van der Waals surface area contributed by atoms with Gasteiger partial charge in [-0.05, 0) is 24.6 Å². The fourth-order valence-electron chi connectivity index (χ4n) is 2.97. The highest BCUT2D eigenvalue weighted by Gasteiger charge is 2.45. The van der Waals surface area contributed by atoms with Crippen LogP contribution >= 0.6 is 11.3 Å². The summed E-state index contributed by atoms with van der Waals surface area (Å²) in [5.74, 6) is -1.73. The van der Waals surface area contributed by atoms with Crippen molar-refractivity contribution in [1.29, 1.82) is 0 Å². The molecule has 3 aromatic rings. The van der Waals surface area contributed by atoms with Crippen LogP contribution in [0.1, 0.15) is 27.7 Å². The predicted molar refractivity (Wildman–Crippen MR) is 89.9 cm³/mol. The number of carbonyl (C=O) groups is 2. The highest BCUT2D eigenvalue weighted by Crippen LogP contribution is 2.47. The van der Waals surface area contributed by atoms with Gasteiger partial charge in [0.15, 0.2) is 0 Å². The third kappa shape index (κ3) is 2.33. The van der Waals surface area contributed by atoms with Crippen molar-refractivity contribution in [3.05, 3.63) is 47.2 Å². The van der Waals surface area contributed by atoms with Crippen LogP contribution in [0.15, 0.2) is 36.7 Å². The van der Waals surface area contributed by atoms with Gasteiger partial charge in [-0.25, -0.2) is 0 Å². The molecule has 0 aromatic carbocycles. The van der Waals surface area contributed by atoms with E-state index in [4.69, 9.17) is 10.8 Å². The lowest BCUT2D eigenvalue weighted by Crippen LogP contribution is -2.10. The van der Waals surface area contributed by atoms with E-state index in [2.05, 4.69) is 9.97 Å². The smallest absolute Gasteiger partial charge is 0.307 e. The van der Waals surface area contributed by atoms with E-state index < -0.39 is 11.9 Å². The molecule has 6 nitrogen and oxygen atoms in total. The standard InChI is InChI=1S/C17H13N3O3S/c18-16(21)15-14(8-4-5-19-7-13(8)24-15)12-3-1-2-11(20-12)9-6-10(9)17(22)23/h1-5,7,9-10H,6H2,(H2,18,21)(H,22,23)/t9-,10-/m1/s1. The molecule has 0 radical (unpaired) electrons. The highest BCUT2D eigenvalue weighted by atomic mass is 32.1. The monoisotopic (exact) mass is 339 g/mol. The van der Waals surface area contributed by atoms with Crippen LogP contribution in [-0.4, -0.2) is 27.0 Å². The van der Waals surface area contributed by atoms with Crippen LogP contribution in [0.5, 0.6) is 0 Å². The Hall–Kier alpha value is -2.80. The van der Waals surface area contributed by atoms with E-state index in [0.29, 0.717) is 22.6 Å². The molecule has 0 unspecified atom stereocenters. The minimum atomic E-state index is -0.794. The van der Waals surface area contributed by atoms with Gasteiger partial charge in [-0.15, -0.1) is 11.3 Å². The Labute approximate surface area is 141 Å². The molecular formula is C17H13N3O3S. The molecule has 1 fully saturated rings. The number of fused-ring (bicyclic) bond motifs is 1. The molecule has 3 aromatic heterocycles. The fraction of sp³-hybridized carbons (Fsp3) is 0.176. The summed E-state index contributed by atoms with van der Waals surface area (Å²) in [7, 11) is 0. The second kappa shape index (κ2) is 5.38. The van der Waals surface area contributed by atoms with Crippen molar-refractivity contribution >= 4 is 33.3 Å². The predicted octanol–water partition coefficient (Wildman–Crippen LogP) is 2.65. The molecule has 1 saturated carbocycles. The number of nitrogens with two attached hydrogens (primary N) is 1. The first-order valence-corrected chi connectivity index (χ1v) is 8.24. The number of aromatic nitrogens is 2. The number of amides is 1. The Morgan fingerprint density at radius 2 is 2.12 bits per heavy atom. The molecule has 0 bridgehead atoms. The normalized spacial score (nSPS) is 19.3. The second-order valence-electron chi connectivity index (χ2n) is 5.78. The van der Waals surface area contributed by atoms with Crippen molar-refractivity contribution in [2.45, 2.75) is 12.3 Å².